The number of carbonyl (C=O) groups excluding carboxylic acids is 1. The van der Waals surface area contributed by atoms with E-state index in [1.54, 1.807) is 42.5 Å². The molecule has 0 fully saturated rings. The average molecular weight is 453 g/mol. The fourth-order valence-electron chi connectivity index (χ4n) is 3.03. The van der Waals surface area contributed by atoms with Gasteiger partial charge in [-0.1, -0.05) is 35.3 Å². The molecule has 0 radical (unpaired) electrons. The molecule has 0 aliphatic carbocycles. The lowest BCUT2D eigenvalue weighted by molar-refractivity contribution is 0.0955. The van der Waals surface area contributed by atoms with Crippen molar-refractivity contribution < 1.29 is 9.53 Å². The fourth-order valence-corrected chi connectivity index (χ4v) is 3.50. The number of aromatic nitrogens is 2. The van der Waals surface area contributed by atoms with Crippen molar-refractivity contribution in [2.24, 2.45) is 5.10 Å². The highest BCUT2D eigenvalue weighted by Gasteiger charge is 2.11. The number of imidazole rings is 1. The molecule has 3 aromatic carbocycles. The van der Waals surface area contributed by atoms with Gasteiger partial charge in [0, 0.05) is 11.1 Å². The van der Waals surface area contributed by atoms with Crippen LogP contribution in [0, 0.1) is 0 Å². The lowest BCUT2D eigenvalue weighted by atomic mass is 10.2. The molecule has 0 saturated carbocycles. The molecule has 0 aliphatic heterocycles. The highest BCUT2D eigenvalue weighted by molar-refractivity contribution is 6.33. The number of aromatic amines is 1. The van der Waals surface area contributed by atoms with Crippen molar-refractivity contribution in [3.63, 3.8) is 0 Å². The van der Waals surface area contributed by atoms with Crippen molar-refractivity contribution in [3.8, 4) is 17.1 Å². The Labute approximate surface area is 188 Å². The standard InChI is InChI=1S/C23H18Cl2N4O2/c1-2-31-21-10-7-14(11-18(21)25)13-26-29-23(30)15-8-9-19-20(12-15)28-22(27-19)16-5-3-4-6-17(16)24/h3-13H,2H2,1H3,(H,27,28)(H,29,30)/b26-13+. The molecule has 1 heterocycles. The van der Waals surface area contributed by atoms with Crippen LogP contribution in [0.5, 0.6) is 5.75 Å². The van der Waals surface area contributed by atoms with Crippen LogP contribution in [0.15, 0.2) is 65.8 Å². The number of hydrogen-bond donors (Lipinski definition) is 2. The second-order valence-electron chi connectivity index (χ2n) is 6.62. The van der Waals surface area contributed by atoms with Gasteiger partial charge in [0.1, 0.15) is 11.6 Å². The molecular weight excluding hydrogens is 435 g/mol. The molecule has 0 unspecified atom stereocenters. The predicted molar refractivity (Wildman–Crippen MR) is 124 cm³/mol. The first-order chi connectivity index (χ1) is 15.0. The minimum absolute atomic E-state index is 0.343. The number of amides is 1. The maximum atomic E-state index is 12.5. The SMILES string of the molecule is CCOc1ccc(/C=N/NC(=O)c2ccc3nc(-c4ccccc4Cl)[nH]c3c2)cc1Cl. The summed E-state index contributed by atoms with van der Waals surface area (Å²) in [5.41, 5.74) is 5.96. The maximum absolute atomic E-state index is 12.5. The Morgan fingerprint density at radius 3 is 2.74 bits per heavy atom. The second kappa shape index (κ2) is 9.20. The smallest absolute Gasteiger partial charge is 0.271 e. The summed E-state index contributed by atoms with van der Waals surface area (Å²) < 4.78 is 5.40. The van der Waals surface area contributed by atoms with E-state index in [9.17, 15) is 4.79 Å². The normalized spacial score (nSPS) is 11.2. The monoisotopic (exact) mass is 452 g/mol. The van der Waals surface area contributed by atoms with Crippen LogP contribution in [-0.2, 0) is 0 Å². The molecule has 1 amide bonds. The van der Waals surface area contributed by atoms with Crippen molar-refractivity contribution >= 4 is 46.4 Å². The Balaban J connectivity index is 1.48. The molecular formula is C23H18Cl2N4O2. The quantitative estimate of drug-likeness (QED) is 0.290. The lowest BCUT2D eigenvalue weighted by Gasteiger charge is -2.05. The molecule has 0 aliphatic rings. The van der Waals surface area contributed by atoms with Crippen LogP contribution >= 0.6 is 23.2 Å². The Kier molecular flexibility index (Phi) is 6.21. The van der Waals surface area contributed by atoms with E-state index in [2.05, 4.69) is 20.5 Å². The van der Waals surface area contributed by atoms with Gasteiger partial charge in [0.05, 0.1) is 33.9 Å². The molecule has 0 saturated heterocycles. The molecule has 1 aromatic heterocycles. The van der Waals surface area contributed by atoms with Gasteiger partial charge in [0.25, 0.3) is 5.91 Å². The van der Waals surface area contributed by atoms with E-state index in [4.69, 9.17) is 27.9 Å². The minimum Gasteiger partial charge on any atom is -0.492 e. The van der Waals surface area contributed by atoms with Gasteiger partial charge < -0.3 is 9.72 Å². The van der Waals surface area contributed by atoms with E-state index >= 15 is 0 Å². The van der Waals surface area contributed by atoms with Gasteiger partial charge in [-0.05, 0) is 61.0 Å². The predicted octanol–water partition coefficient (Wildman–Crippen LogP) is 5.70. The summed E-state index contributed by atoms with van der Waals surface area (Å²) >= 11 is 12.4. The first kappa shape index (κ1) is 20.9. The van der Waals surface area contributed by atoms with Crippen LogP contribution in [-0.4, -0.2) is 28.7 Å². The molecule has 2 N–H and O–H groups in total. The number of halogens is 2. The molecule has 0 spiro atoms. The molecule has 156 valence electrons. The average Bonchev–Trinajstić information content (AvgIpc) is 3.19. The van der Waals surface area contributed by atoms with Crippen LogP contribution in [0.4, 0.5) is 0 Å². The summed E-state index contributed by atoms with van der Waals surface area (Å²) in [5, 5.41) is 5.09. The van der Waals surface area contributed by atoms with Crippen molar-refractivity contribution in [1.29, 1.82) is 0 Å². The molecule has 6 nitrogen and oxygen atoms in total. The largest absolute Gasteiger partial charge is 0.492 e. The summed E-state index contributed by atoms with van der Waals surface area (Å²) in [6.45, 7) is 2.42. The van der Waals surface area contributed by atoms with E-state index < -0.39 is 0 Å². The van der Waals surface area contributed by atoms with Crippen molar-refractivity contribution in [1.82, 2.24) is 15.4 Å². The molecule has 31 heavy (non-hydrogen) atoms. The first-order valence-electron chi connectivity index (χ1n) is 9.55. The zero-order valence-electron chi connectivity index (χ0n) is 16.5. The Morgan fingerprint density at radius 1 is 1.13 bits per heavy atom. The summed E-state index contributed by atoms with van der Waals surface area (Å²) in [4.78, 5) is 20.3. The van der Waals surface area contributed by atoms with E-state index in [1.165, 1.54) is 6.21 Å². The maximum Gasteiger partial charge on any atom is 0.271 e. The Morgan fingerprint density at radius 2 is 1.97 bits per heavy atom. The van der Waals surface area contributed by atoms with Gasteiger partial charge in [-0.15, -0.1) is 0 Å². The van der Waals surface area contributed by atoms with Crippen LogP contribution in [0.3, 0.4) is 0 Å². The lowest BCUT2D eigenvalue weighted by Crippen LogP contribution is -2.17. The number of fused-ring (bicyclic) bond motifs is 1. The summed E-state index contributed by atoms with van der Waals surface area (Å²) in [7, 11) is 0. The number of hydrogen-bond acceptors (Lipinski definition) is 4. The number of nitrogens with zero attached hydrogens (tertiary/aromatic N) is 2. The summed E-state index contributed by atoms with van der Waals surface area (Å²) in [6.07, 6.45) is 1.52. The highest BCUT2D eigenvalue weighted by Crippen LogP contribution is 2.27. The zero-order valence-corrected chi connectivity index (χ0v) is 18.0. The van der Waals surface area contributed by atoms with Crippen molar-refractivity contribution in [2.75, 3.05) is 6.61 Å². The van der Waals surface area contributed by atoms with E-state index in [0.717, 1.165) is 22.2 Å². The van der Waals surface area contributed by atoms with Crippen LogP contribution in [0.1, 0.15) is 22.8 Å². The number of carbonyl (C=O) groups is 1. The number of H-pyrrole nitrogens is 1. The summed E-state index contributed by atoms with van der Waals surface area (Å²) in [5.74, 6) is 0.905. The van der Waals surface area contributed by atoms with Gasteiger partial charge in [0.15, 0.2) is 0 Å². The second-order valence-corrected chi connectivity index (χ2v) is 7.43. The third-order valence-corrected chi connectivity index (χ3v) is 5.13. The molecule has 4 aromatic rings. The number of benzene rings is 3. The number of ether oxygens (including phenoxy) is 1. The Hall–Kier alpha value is -3.35. The minimum atomic E-state index is -0.343. The third kappa shape index (κ3) is 4.71. The van der Waals surface area contributed by atoms with Gasteiger partial charge in [0.2, 0.25) is 0 Å². The topological polar surface area (TPSA) is 79.4 Å². The zero-order chi connectivity index (χ0) is 21.8. The Bertz CT molecular complexity index is 1280. The number of hydrazone groups is 1. The van der Waals surface area contributed by atoms with E-state index in [1.807, 2.05) is 25.1 Å². The first-order valence-corrected chi connectivity index (χ1v) is 10.3. The fraction of sp³-hybridized carbons (Fsp3) is 0.0870. The van der Waals surface area contributed by atoms with E-state index in [0.29, 0.717) is 33.8 Å². The van der Waals surface area contributed by atoms with Crippen LogP contribution < -0.4 is 10.2 Å². The number of rotatable bonds is 6. The van der Waals surface area contributed by atoms with Gasteiger partial charge >= 0.3 is 0 Å². The number of nitrogens with one attached hydrogen (secondary N) is 2. The van der Waals surface area contributed by atoms with Crippen molar-refractivity contribution in [3.05, 3.63) is 81.8 Å². The van der Waals surface area contributed by atoms with E-state index in [-0.39, 0.29) is 5.91 Å². The van der Waals surface area contributed by atoms with Gasteiger partial charge in [-0.25, -0.2) is 10.4 Å². The van der Waals surface area contributed by atoms with Crippen LogP contribution in [0.2, 0.25) is 10.0 Å². The summed E-state index contributed by atoms with van der Waals surface area (Å²) in [6, 6.07) is 17.9. The molecule has 0 bridgehead atoms. The highest BCUT2D eigenvalue weighted by atomic mass is 35.5. The van der Waals surface area contributed by atoms with Crippen LogP contribution in [0.25, 0.3) is 22.4 Å². The van der Waals surface area contributed by atoms with Gasteiger partial charge in [-0.3, -0.25) is 4.79 Å². The third-order valence-electron chi connectivity index (χ3n) is 4.51. The molecule has 8 heteroatoms. The molecule has 4 rings (SSSR count). The molecule has 0 atom stereocenters. The van der Waals surface area contributed by atoms with Gasteiger partial charge in [-0.2, -0.15) is 5.10 Å². The van der Waals surface area contributed by atoms with Crippen molar-refractivity contribution in [2.45, 2.75) is 6.92 Å².